The fourth-order valence-corrected chi connectivity index (χ4v) is 1.63. The van der Waals surface area contributed by atoms with E-state index in [9.17, 15) is 14.9 Å². The topological polar surface area (TPSA) is 81.5 Å². The third-order valence-electron chi connectivity index (χ3n) is 2.46. The first-order valence-electron chi connectivity index (χ1n) is 5.85. The zero-order valence-electron chi connectivity index (χ0n) is 10.7. The van der Waals surface area contributed by atoms with Gasteiger partial charge in [0.1, 0.15) is 5.75 Å². The molecule has 6 heteroatoms. The fraction of sp³-hybridized carbons (Fsp3) is 0.0714. The van der Waals surface area contributed by atoms with Crippen LogP contribution in [0.3, 0.4) is 0 Å². The number of anilines is 1. The van der Waals surface area contributed by atoms with E-state index in [1.54, 1.807) is 36.4 Å². The molecule has 0 spiro atoms. The standard InChI is InChI=1S/C14H12N2O4/c1-10(17)15-11-6-8-12(9-7-11)20-14-5-3-2-4-13(14)16(18)19/h2-9H,1H3,(H,15,17). The normalized spacial score (nSPS) is 9.85. The maximum Gasteiger partial charge on any atom is 0.311 e. The molecule has 0 unspecified atom stereocenters. The van der Waals surface area contributed by atoms with Gasteiger partial charge in [-0.05, 0) is 30.3 Å². The highest BCUT2D eigenvalue weighted by Gasteiger charge is 2.14. The number of nitrogens with zero attached hydrogens (tertiary/aromatic N) is 1. The minimum Gasteiger partial charge on any atom is -0.450 e. The first-order valence-corrected chi connectivity index (χ1v) is 5.85. The molecule has 0 aromatic heterocycles. The molecule has 0 radical (unpaired) electrons. The van der Waals surface area contributed by atoms with Crippen LogP contribution in [-0.2, 0) is 4.79 Å². The van der Waals surface area contributed by atoms with E-state index in [0.29, 0.717) is 11.4 Å². The molecule has 1 N–H and O–H groups in total. The van der Waals surface area contributed by atoms with Crippen molar-refractivity contribution in [3.63, 3.8) is 0 Å². The number of carbonyl (C=O) groups is 1. The summed E-state index contributed by atoms with van der Waals surface area (Å²) in [4.78, 5) is 21.3. The van der Waals surface area contributed by atoms with E-state index < -0.39 is 4.92 Å². The number of nitro groups is 1. The highest BCUT2D eigenvalue weighted by atomic mass is 16.6. The number of hydrogen-bond donors (Lipinski definition) is 1. The molecule has 1 amide bonds. The molecule has 0 aliphatic carbocycles. The predicted octanol–water partition coefficient (Wildman–Crippen LogP) is 3.35. The van der Waals surface area contributed by atoms with Crippen LogP contribution in [0.2, 0.25) is 0 Å². The molecule has 2 aromatic rings. The Labute approximate surface area is 115 Å². The van der Waals surface area contributed by atoms with Crippen molar-refractivity contribution in [1.29, 1.82) is 0 Å². The van der Waals surface area contributed by atoms with Crippen LogP contribution in [0.5, 0.6) is 11.5 Å². The number of benzene rings is 2. The molecule has 6 nitrogen and oxygen atoms in total. The monoisotopic (exact) mass is 272 g/mol. The summed E-state index contributed by atoms with van der Waals surface area (Å²) in [5.74, 6) is 0.454. The summed E-state index contributed by atoms with van der Waals surface area (Å²) in [6, 6.07) is 12.7. The summed E-state index contributed by atoms with van der Waals surface area (Å²) in [6.07, 6.45) is 0. The van der Waals surface area contributed by atoms with E-state index in [-0.39, 0.29) is 17.3 Å². The molecule has 0 aliphatic heterocycles. The summed E-state index contributed by atoms with van der Waals surface area (Å²) in [5, 5.41) is 13.5. The third-order valence-corrected chi connectivity index (χ3v) is 2.46. The van der Waals surface area contributed by atoms with Crippen LogP contribution in [0, 0.1) is 10.1 Å². The number of nitrogens with one attached hydrogen (secondary N) is 1. The molecule has 0 aliphatic rings. The van der Waals surface area contributed by atoms with Gasteiger partial charge in [-0.1, -0.05) is 12.1 Å². The summed E-state index contributed by atoms with van der Waals surface area (Å²) >= 11 is 0. The summed E-state index contributed by atoms with van der Waals surface area (Å²) in [7, 11) is 0. The Balaban J connectivity index is 2.18. The second-order valence-electron chi connectivity index (χ2n) is 4.03. The Bertz CT molecular complexity index is 638. The first-order chi connectivity index (χ1) is 9.56. The highest BCUT2D eigenvalue weighted by molar-refractivity contribution is 5.88. The van der Waals surface area contributed by atoms with Gasteiger partial charge in [0, 0.05) is 18.7 Å². The molecule has 0 heterocycles. The van der Waals surface area contributed by atoms with Gasteiger partial charge in [-0.25, -0.2) is 0 Å². The lowest BCUT2D eigenvalue weighted by atomic mass is 10.3. The summed E-state index contributed by atoms with van der Waals surface area (Å²) < 4.78 is 5.48. The Morgan fingerprint density at radius 2 is 1.80 bits per heavy atom. The van der Waals surface area contributed by atoms with E-state index in [1.165, 1.54) is 19.1 Å². The summed E-state index contributed by atoms with van der Waals surface area (Å²) in [5.41, 5.74) is 0.533. The average Bonchev–Trinajstić information content (AvgIpc) is 2.41. The van der Waals surface area contributed by atoms with Crippen LogP contribution in [0.1, 0.15) is 6.92 Å². The second kappa shape index (κ2) is 5.83. The molecule has 0 bridgehead atoms. The minimum absolute atomic E-state index is 0.0987. The SMILES string of the molecule is CC(=O)Nc1ccc(Oc2ccccc2[N+](=O)[O-])cc1. The van der Waals surface area contributed by atoms with Crippen LogP contribution in [-0.4, -0.2) is 10.8 Å². The van der Waals surface area contributed by atoms with Gasteiger partial charge in [-0.3, -0.25) is 14.9 Å². The van der Waals surface area contributed by atoms with Crippen molar-refractivity contribution in [2.24, 2.45) is 0 Å². The Kier molecular flexibility index (Phi) is 3.95. The molecule has 0 saturated heterocycles. The van der Waals surface area contributed by atoms with E-state index in [1.807, 2.05) is 0 Å². The van der Waals surface area contributed by atoms with Gasteiger partial charge in [0.2, 0.25) is 11.7 Å². The number of hydrogen-bond acceptors (Lipinski definition) is 4. The van der Waals surface area contributed by atoms with Gasteiger partial charge in [0.05, 0.1) is 4.92 Å². The van der Waals surface area contributed by atoms with Crippen LogP contribution in [0.15, 0.2) is 48.5 Å². The number of nitro benzene ring substituents is 1. The lowest BCUT2D eigenvalue weighted by molar-refractivity contribution is -0.385. The molecule has 2 rings (SSSR count). The molecule has 20 heavy (non-hydrogen) atoms. The molecule has 0 fully saturated rings. The summed E-state index contributed by atoms with van der Waals surface area (Å²) in [6.45, 7) is 1.41. The maximum absolute atomic E-state index is 10.9. The van der Waals surface area contributed by atoms with Gasteiger partial charge >= 0.3 is 5.69 Å². The lowest BCUT2D eigenvalue weighted by Crippen LogP contribution is -2.05. The van der Waals surface area contributed by atoms with Crippen LogP contribution in [0.4, 0.5) is 11.4 Å². The first kappa shape index (κ1) is 13.5. The number of carbonyl (C=O) groups excluding carboxylic acids is 1. The van der Waals surface area contributed by atoms with Gasteiger partial charge in [0.25, 0.3) is 0 Å². The van der Waals surface area contributed by atoms with Crippen molar-refractivity contribution in [1.82, 2.24) is 0 Å². The number of rotatable bonds is 4. The zero-order valence-corrected chi connectivity index (χ0v) is 10.7. The maximum atomic E-state index is 10.9. The van der Waals surface area contributed by atoms with Gasteiger partial charge in [-0.2, -0.15) is 0 Å². The van der Waals surface area contributed by atoms with Crippen molar-refractivity contribution in [3.05, 3.63) is 58.6 Å². The molecule has 102 valence electrons. The number of amides is 1. The van der Waals surface area contributed by atoms with Crippen LogP contribution in [0.25, 0.3) is 0 Å². The van der Waals surface area contributed by atoms with Gasteiger partial charge < -0.3 is 10.1 Å². The van der Waals surface area contributed by atoms with Crippen molar-refractivity contribution in [3.8, 4) is 11.5 Å². The van der Waals surface area contributed by atoms with Crippen molar-refractivity contribution < 1.29 is 14.5 Å². The molecular weight excluding hydrogens is 260 g/mol. The number of para-hydroxylation sites is 2. The van der Waals surface area contributed by atoms with E-state index in [4.69, 9.17) is 4.74 Å². The molecule has 0 saturated carbocycles. The Morgan fingerprint density at radius 1 is 1.15 bits per heavy atom. The smallest absolute Gasteiger partial charge is 0.311 e. The van der Waals surface area contributed by atoms with Crippen molar-refractivity contribution in [2.45, 2.75) is 6.92 Å². The minimum atomic E-state index is -0.499. The Morgan fingerprint density at radius 3 is 2.40 bits per heavy atom. The van der Waals surface area contributed by atoms with Gasteiger partial charge in [0.15, 0.2) is 0 Å². The van der Waals surface area contributed by atoms with E-state index in [0.717, 1.165) is 0 Å². The van der Waals surface area contributed by atoms with Crippen molar-refractivity contribution >= 4 is 17.3 Å². The second-order valence-corrected chi connectivity index (χ2v) is 4.03. The van der Waals surface area contributed by atoms with E-state index >= 15 is 0 Å². The van der Waals surface area contributed by atoms with Crippen molar-refractivity contribution in [2.75, 3.05) is 5.32 Å². The molecule has 0 atom stereocenters. The highest BCUT2D eigenvalue weighted by Crippen LogP contribution is 2.31. The number of ether oxygens (including phenoxy) is 1. The fourth-order valence-electron chi connectivity index (χ4n) is 1.63. The zero-order chi connectivity index (χ0) is 14.5. The third kappa shape index (κ3) is 3.32. The molecule has 2 aromatic carbocycles. The average molecular weight is 272 g/mol. The van der Waals surface area contributed by atoms with Crippen LogP contribution < -0.4 is 10.1 Å². The largest absolute Gasteiger partial charge is 0.450 e. The van der Waals surface area contributed by atoms with Crippen LogP contribution >= 0.6 is 0 Å². The van der Waals surface area contributed by atoms with E-state index in [2.05, 4.69) is 5.32 Å². The predicted molar refractivity (Wildman–Crippen MR) is 73.9 cm³/mol. The Hall–Kier alpha value is -2.89. The van der Waals surface area contributed by atoms with Gasteiger partial charge in [-0.15, -0.1) is 0 Å². The quantitative estimate of drug-likeness (QED) is 0.683. The lowest BCUT2D eigenvalue weighted by Gasteiger charge is -2.07. The molecular formula is C14H12N2O4.